The maximum atomic E-state index is 12.6. The molecule has 0 radical (unpaired) electrons. The second-order valence-corrected chi connectivity index (χ2v) is 9.03. The number of nitrogens with zero attached hydrogens (tertiary/aromatic N) is 1. The molecule has 1 amide bonds. The zero-order valence-corrected chi connectivity index (χ0v) is 17.1. The van der Waals surface area contributed by atoms with Crippen molar-refractivity contribution in [1.82, 2.24) is 4.31 Å². The van der Waals surface area contributed by atoms with Crippen LogP contribution in [-0.2, 0) is 14.8 Å². The minimum atomic E-state index is -3.46. The van der Waals surface area contributed by atoms with E-state index >= 15 is 0 Å². The Hall–Kier alpha value is -2.38. The Bertz CT molecular complexity index is 933. The van der Waals surface area contributed by atoms with E-state index in [2.05, 4.69) is 5.32 Å². The van der Waals surface area contributed by atoms with E-state index in [-0.39, 0.29) is 17.4 Å². The zero-order chi connectivity index (χ0) is 20.1. The summed E-state index contributed by atoms with van der Waals surface area (Å²) in [4.78, 5) is 12.4. The third kappa shape index (κ3) is 4.91. The van der Waals surface area contributed by atoms with Crippen molar-refractivity contribution in [2.45, 2.75) is 38.0 Å². The summed E-state index contributed by atoms with van der Waals surface area (Å²) in [5, 5.41) is 2.83. The Balaban J connectivity index is 1.58. The van der Waals surface area contributed by atoms with E-state index in [9.17, 15) is 13.2 Å². The number of hydrogen-bond acceptors (Lipinski definition) is 4. The van der Waals surface area contributed by atoms with E-state index in [1.54, 1.807) is 12.1 Å². The molecule has 0 spiro atoms. The molecule has 0 aliphatic carbocycles. The van der Waals surface area contributed by atoms with E-state index in [1.165, 1.54) is 16.4 Å². The van der Waals surface area contributed by atoms with Gasteiger partial charge in [0.25, 0.3) is 5.91 Å². The predicted octanol–water partition coefficient (Wildman–Crippen LogP) is 3.50. The van der Waals surface area contributed by atoms with E-state index in [0.717, 1.165) is 36.1 Å². The smallest absolute Gasteiger partial charge is 0.262 e. The summed E-state index contributed by atoms with van der Waals surface area (Å²) in [5.74, 6) is 0.187. The molecule has 7 heteroatoms. The van der Waals surface area contributed by atoms with E-state index in [0.29, 0.717) is 18.8 Å². The van der Waals surface area contributed by atoms with Gasteiger partial charge in [-0.2, -0.15) is 4.31 Å². The van der Waals surface area contributed by atoms with Crippen molar-refractivity contribution in [1.29, 1.82) is 0 Å². The number of nitrogens with one attached hydrogen (secondary N) is 1. The highest BCUT2D eigenvalue weighted by molar-refractivity contribution is 7.89. The van der Waals surface area contributed by atoms with Crippen molar-refractivity contribution in [3.05, 3.63) is 53.6 Å². The molecule has 28 heavy (non-hydrogen) atoms. The van der Waals surface area contributed by atoms with Gasteiger partial charge < -0.3 is 10.1 Å². The zero-order valence-electron chi connectivity index (χ0n) is 16.3. The second-order valence-electron chi connectivity index (χ2n) is 7.09. The fourth-order valence-electron chi connectivity index (χ4n) is 3.17. The molecule has 2 aromatic carbocycles. The van der Waals surface area contributed by atoms with Crippen LogP contribution in [0.3, 0.4) is 0 Å². The third-order valence-electron chi connectivity index (χ3n) is 4.81. The fraction of sp³-hybridized carbons (Fsp3) is 0.381. The van der Waals surface area contributed by atoms with Crippen molar-refractivity contribution >= 4 is 21.6 Å². The van der Waals surface area contributed by atoms with Crippen LogP contribution in [0.5, 0.6) is 5.75 Å². The van der Waals surface area contributed by atoms with Crippen molar-refractivity contribution < 1.29 is 17.9 Å². The number of carbonyl (C=O) groups excluding carboxylic acids is 1. The lowest BCUT2D eigenvalue weighted by Crippen LogP contribution is -2.35. The minimum absolute atomic E-state index is 0.147. The fourth-order valence-corrected chi connectivity index (χ4v) is 4.68. The summed E-state index contributed by atoms with van der Waals surface area (Å²) in [6.45, 7) is 4.88. The van der Waals surface area contributed by atoms with Crippen molar-refractivity contribution in [2.75, 3.05) is 25.0 Å². The van der Waals surface area contributed by atoms with Gasteiger partial charge in [-0.25, -0.2) is 8.42 Å². The first-order valence-electron chi connectivity index (χ1n) is 9.46. The summed E-state index contributed by atoms with van der Waals surface area (Å²) >= 11 is 0. The molecule has 1 aliphatic heterocycles. The molecule has 0 saturated carbocycles. The number of hydrogen-bond donors (Lipinski definition) is 1. The number of carbonyl (C=O) groups is 1. The van der Waals surface area contributed by atoms with Gasteiger partial charge in [0.05, 0.1) is 4.90 Å². The van der Waals surface area contributed by atoms with Gasteiger partial charge in [0.1, 0.15) is 5.75 Å². The van der Waals surface area contributed by atoms with Gasteiger partial charge in [-0.05, 0) is 68.1 Å². The van der Waals surface area contributed by atoms with Crippen LogP contribution in [0.2, 0.25) is 0 Å². The lowest BCUT2D eigenvalue weighted by molar-refractivity contribution is -0.118. The van der Waals surface area contributed by atoms with Crippen molar-refractivity contribution in [3.63, 3.8) is 0 Å². The van der Waals surface area contributed by atoms with Gasteiger partial charge in [-0.1, -0.05) is 18.6 Å². The predicted molar refractivity (Wildman–Crippen MR) is 109 cm³/mol. The van der Waals surface area contributed by atoms with Gasteiger partial charge in [0.15, 0.2) is 6.61 Å². The van der Waals surface area contributed by atoms with Crippen LogP contribution >= 0.6 is 0 Å². The molecule has 0 atom stereocenters. The molecule has 1 heterocycles. The van der Waals surface area contributed by atoms with Crippen molar-refractivity contribution in [3.8, 4) is 5.75 Å². The van der Waals surface area contributed by atoms with Crippen LogP contribution in [0.4, 0.5) is 5.69 Å². The van der Waals surface area contributed by atoms with Gasteiger partial charge in [-0.3, -0.25) is 4.79 Å². The van der Waals surface area contributed by atoms with Crippen LogP contribution in [0.25, 0.3) is 0 Å². The van der Waals surface area contributed by atoms with Crippen LogP contribution in [0, 0.1) is 13.8 Å². The van der Waals surface area contributed by atoms with Crippen LogP contribution in [0.15, 0.2) is 47.4 Å². The second kappa shape index (κ2) is 8.75. The molecule has 0 unspecified atom stereocenters. The first-order chi connectivity index (χ1) is 13.4. The number of aryl methyl sites for hydroxylation is 2. The highest BCUT2D eigenvalue weighted by Gasteiger charge is 2.25. The first kappa shape index (κ1) is 20.4. The normalized spacial score (nSPS) is 15.2. The van der Waals surface area contributed by atoms with Crippen molar-refractivity contribution in [2.24, 2.45) is 0 Å². The summed E-state index contributed by atoms with van der Waals surface area (Å²) in [7, 11) is -3.46. The summed E-state index contributed by atoms with van der Waals surface area (Å²) in [6, 6.07) is 12.1. The summed E-state index contributed by atoms with van der Waals surface area (Å²) < 4.78 is 32.3. The molecule has 1 saturated heterocycles. The highest BCUT2D eigenvalue weighted by Crippen LogP contribution is 2.23. The Morgan fingerprint density at radius 1 is 1.04 bits per heavy atom. The molecular formula is C21H26N2O4S. The average molecular weight is 403 g/mol. The average Bonchev–Trinajstić information content (AvgIpc) is 2.70. The molecule has 1 aliphatic rings. The molecule has 150 valence electrons. The standard InChI is InChI=1S/C21H26N2O4S/c1-16-6-7-17(2)20(14-16)22-21(24)15-27-18-8-10-19(11-9-18)28(25,26)23-12-4-3-5-13-23/h6-11,14H,3-5,12-13,15H2,1-2H3,(H,22,24). The quantitative estimate of drug-likeness (QED) is 0.802. The number of ether oxygens (including phenoxy) is 1. The molecule has 6 nitrogen and oxygen atoms in total. The lowest BCUT2D eigenvalue weighted by Gasteiger charge is -2.25. The maximum Gasteiger partial charge on any atom is 0.262 e. The number of anilines is 1. The molecule has 0 aromatic heterocycles. The van der Waals surface area contributed by atoms with Gasteiger partial charge >= 0.3 is 0 Å². The Morgan fingerprint density at radius 3 is 2.39 bits per heavy atom. The largest absolute Gasteiger partial charge is 0.484 e. The monoisotopic (exact) mass is 402 g/mol. The highest BCUT2D eigenvalue weighted by atomic mass is 32.2. The Kier molecular flexibility index (Phi) is 6.36. The first-order valence-corrected chi connectivity index (χ1v) is 10.9. The lowest BCUT2D eigenvalue weighted by atomic mass is 10.1. The van der Waals surface area contributed by atoms with Gasteiger partial charge in [0, 0.05) is 18.8 Å². The van der Waals surface area contributed by atoms with E-state index in [1.807, 2.05) is 32.0 Å². The molecule has 0 bridgehead atoms. The van der Waals surface area contributed by atoms with Crippen LogP contribution in [0.1, 0.15) is 30.4 Å². The molecule has 2 aromatic rings. The maximum absolute atomic E-state index is 12.6. The summed E-state index contributed by atoms with van der Waals surface area (Å²) in [5.41, 5.74) is 2.80. The Morgan fingerprint density at radius 2 is 1.71 bits per heavy atom. The number of amides is 1. The van der Waals surface area contributed by atoms with Gasteiger partial charge in [0.2, 0.25) is 10.0 Å². The SMILES string of the molecule is Cc1ccc(C)c(NC(=O)COc2ccc(S(=O)(=O)N3CCCCC3)cc2)c1. The molecule has 1 fully saturated rings. The molecule has 3 rings (SSSR count). The number of benzene rings is 2. The van der Waals surface area contributed by atoms with Crippen LogP contribution < -0.4 is 10.1 Å². The van der Waals surface area contributed by atoms with E-state index in [4.69, 9.17) is 4.74 Å². The molecule has 1 N–H and O–H groups in total. The topological polar surface area (TPSA) is 75.7 Å². The van der Waals surface area contributed by atoms with E-state index < -0.39 is 10.0 Å². The summed E-state index contributed by atoms with van der Waals surface area (Å²) in [6.07, 6.45) is 2.87. The third-order valence-corrected chi connectivity index (χ3v) is 6.73. The molecular weight excluding hydrogens is 376 g/mol. The minimum Gasteiger partial charge on any atom is -0.484 e. The number of rotatable bonds is 6. The number of sulfonamides is 1. The number of piperidine rings is 1. The Labute approximate surface area is 166 Å². The van der Waals surface area contributed by atoms with Crippen LogP contribution in [-0.4, -0.2) is 38.3 Å². The van der Waals surface area contributed by atoms with Gasteiger partial charge in [-0.15, -0.1) is 0 Å².